The van der Waals surface area contributed by atoms with Crippen LogP contribution in [-0.4, -0.2) is 15.0 Å². The number of benzene rings is 2. The van der Waals surface area contributed by atoms with Gasteiger partial charge in [0.2, 0.25) is 10.0 Å². The van der Waals surface area contributed by atoms with E-state index in [1.54, 1.807) is 12.1 Å². The Balaban J connectivity index is 1.52. The van der Waals surface area contributed by atoms with E-state index in [4.69, 9.17) is 21.2 Å². The second-order valence-corrected chi connectivity index (χ2v) is 8.89. The summed E-state index contributed by atoms with van der Waals surface area (Å²) in [5.41, 5.74) is 1.87. The van der Waals surface area contributed by atoms with Crippen LogP contribution in [0.3, 0.4) is 0 Å². The van der Waals surface area contributed by atoms with Gasteiger partial charge in [-0.3, -0.25) is 0 Å². The molecule has 1 heterocycles. The first-order chi connectivity index (χ1) is 12.8. The predicted molar refractivity (Wildman–Crippen MR) is 110 cm³/mol. The van der Waals surface area contributed by atoms with E-state index in [-0.39, 0.29) is 4.90 Å². The average Bonchev–Trinajstić information content (AvgIpc) is 3.07. The van der Waals surface area contributed by atoms with Gasteiger partial charge < -0.3 is 9.73 Å². The van der Waals surface area contributed by atoms with Crippen molar-refractivity contribution < 1.29 is 12.8 Å². The van der Waals surface area contributed by atoms with E-state index in [1.807, 2.05) is 30.3 Å². The summed E-state index contributed by atoms with van der Waals surface area (Å²) < 4.78 is 29.3. The Morgan fingerprint density at radius 2 is 1.81 bits per heavy atom. The van der Waals surface area contributed by atoms with Crippen LogP contribution in [-0.2, 0) is 23.0 Å². The number of furan rings is 1. The van der Waals surface area contributed by atoms with Gasteiger partial charge in [-0.15, -0.1) is 0 Å². The molecular formula is C19H18BrClN2O3S. The third kappa shape index (κ3) is 5.43. The van der Waals surface area contributed by atoms with Gasteiger partial charge in [-0.05, 0) is 61.0 Å². The fraction of sp³-hybridized carbons (Fsp3) is 0.158. The summed E-state index contributed by atoms with van der Waals surface area (Å²) in [5, 5.41) is 9.02. The topological polar surface area (TPSA) is 85.3 Å². The maximum Gasteiger partial charge on any atom is 0.238 e. The lowest BCUT2D eigenvalue weighted by Gasteiger charge is -2.05. The zero-order valence-corrected chi connectivity index (χ0v) is 17.4. The fourth-order valence-corrected chi connectivity index (χ4v) is 3.88. The van der Waals surface area contributed by atoms with E-state index in [9.17, 15) is 8.42 Å². The van der Waals surface area contributed by atoms with Gasteiger partial charge in [0.1, 0.15) is 11.5 Å². The van der Waals surface area contributed by atoms with Crippen molar-refractivity contribution in [3.8, 4) is 11.3 Å². The number of hydrogen-bond donors (Lipinski definition) is 2. The number of nitrogens with two attached hydrogens (primary N) is 1. The molecular weight excluding hydrogens is 452 g/mol. The summed E-state index contributed by atoms with van der Waals surface area (Å²) in [6.45, 7) is 1.31. The monoisotopic (exact) mass is 468 g/mol. The van der Waals surface area contributed by atoms with Gasteiger partial charge in [0.25, 0.3) is 0 Å². The van der Waals surface area contributed by atoms with Crippen LogP contribution in [0.2, 0.25) is 5.02 Å². The lowest BCUT2D eigenvalue weighted by atomic mass is 10.1. The maximum absolute atomic E-state index is 11.2. The molecule has 27 heavy (non-hydrogen) atoms. The van der Waals surface area contributed by atoms with Gasteiger partial charge in [0.05, 0.1) is 16.5 Å². The first kappa shape index (κ1) is 20.1. The van der Waals surface area contributed by atoms with Crippen molar-refractivity contribution in [1.29, 1.82) is 0 Å². The third-order valence-electron chi connectivity index (χ3n) is 4.00. The first-order valence-corrected chi connectivity index (χ1v) is 10.9. The van der Waals surface area contributed by atoms with Crippen LogP contribution in [0.15, 0.2) is 68.4 Å². The van der Waals surface area contributed by atoms with Crippen LogP contribution < -0.4 is 10.5 Å². The molecule has 2 aromatic carbocycles. The smallest absolute Gasteiger partial charge is 0.238 e. The number of sulfonamides is 1. The third-order valence-corrected chi connectivity index (χ3v) is 5.74. The second-order valence-electron chi connectivity index (χ2n) is 6.01. The molecule has 0 saturated carbocycles. The Kier molecular flexibility index (Phi) is 6.39. The van der Waals surface area contributed by atoms with Crippen LogP contribution in [0.1, 0.15) is 11.3 Å². The van der Waals surface area contributed by atoms with Gasteiger partial charge >= 0.3 is 0 Å². The Labute approximate surface area is 171 Å². The summed E-state index contributed by atoms with van der Waals surface area (Å²) in [5.74, 6) is 1.54. The highest BCUT2D eigenvalue weighted by Crippen LogP contribution is 2.31. The van der Waals surface area contributed by atoms with Gasteiger partial charge in [-0.1, -0.05) is 39.7 Å². The lowest BCUT2D eigenvalue weighted by molar-refractivity contribution is 0.495. The number of rotatable bonds is 7. The summed E-state index contributed by atoms with van der Waals surface area (Å²) in [4.78, 5) is 0.119. The van der Waals surface area contributed by atoms with E-state index in [2.05, 4.69) is 21.2 Å². The minimum Gasteiger partial charge on any atom is -0.460 e. The van der Waals surface area contributed by atoms with Gasteiger partial charge in [0, 0.05) is 10.0 Å². The van der Waals surface area contributed by atoms with Crippen LogP contribution >= 0.6 is 27.5 Å². The second kappa shape index (κ2) is 8.58. The van der Waals surface area contributed by atoms with Crippen molar-refractivity contribution in [2.24, 2.45) is 5.14 Å². The fourth-order valence-electron chi connectivity index (χ4n) is 2.60. The first-order valence-electron chi connectivity index (χ1n) is 8.19. The number of primary sulfonamides is 1. The SMILES string of the molecule is NS(=O)(=O)c1ccc(CCNCc2ccc(-c3ccc(Br)cc3Cl)o2)cc1. The predicted octanol–water partition coefficient (Wildman–Crippen LogP) is 4.34. The highest BCUT2D eigenvalue weighted by Gasteiger charge is 2.09. The van der Waals surface area contributed by atoms with Crippen molar-refractivity contribution in [3.05, 3.63) is 75.4 Å². The van der Waals surface area contributed by atoms with Crippen molar-refractivity contribution >= 4 is 37.6 Å². The highest BCUT2D eigenvalue weighted by atomic mass is 79.9. The molecule has 0 radical (unpaired) electrons. The number of halogens is 2. The minimum absolute atomic E-state index is 0.119. The molecule has 0 aliphatic heterocycles. The largest absolute Gasteiger partial charge is 0.460 e. The molecule has 5 nitrogen and oxygen atoms in total. The highest BCUT2D eigenvalue weighted by molar-refractivity contribution is 9.10. The average molecular weight is 470 g/mol. The van der Waals surface area contributed by atoms with E-state index in [0.717, 1.165) is 40.1 Å². The molecule has 3 aromatic rings. The van der Waals surface area contributed by atoms with Gasteiger partial charge in [-0.25, -0.2) is 13.6 Å². The molecule has 0 atom stereocenters. The Bertz CT molecular complexity index is 1030. The molecule has 0 bridgehead atoms. The normalized spacial score (nSPS) is 11.7. The van der Waals surface area contributed by atoms with Crippen LogP contribution in [0, 0.1) is 0 Å². The maximum atomic E-state index is 11.2. The summed E-state index contributed by atoms with van der Waals surface area (Å²) in [6, 6.07) is 16.1. The van der Waals surface area contributed by atoms with Crippen molar-refractivity contribution in [2.75, 3.05) is 6.54 Å². The molecule has 0 amide bonds. The number of nitrogens with one attached hydrogen (secondary N) is 1. The zero-order chi connectivity index (χ0) is 19.4. The van der Waals surface area contributed by atoms with E-state index in [0.29, 0.717) is 11.6 Å². The minimum atomic E-state index is -3.65. The molecule has 0 aliphatic rings. The molecule has 8 heteroatoms. The molecule has 0 fully saturated rings. The Hall–Kier alpha value is -1.64. The number of hydrogen-bond acceptors (Lipinski definition) is 4. The summed E-state index contributed by atoms with van der Waals surface area (Å²) >= 11 is 9.64. The standard InChI is InChI=1S/C19H18BrClN2O3S/c20-14-3-7-17(18(21)11-14)19-8-4-15(26-19)12-23-10-9-13-1-5-16(6-2-13)27(22,24)25/h1-8,11,23H,9-10,12H2,(H2,22,24,25). The summed E-state index contributed by atoms with van der Waals surface area (Å²) in [6.07, 6.45) is 0.761. The molecule has 1 aromatic heterocycles. The summed E-state index contributed by atoms with van der Waals surface area (Å²) in [7, 11) is -3.65. The molecule has 0 saturated heterocycles. The van der Waals surface area contributed by atoms with Crippen molar-refractivity contribution in [2.45, 2.75) is 17.9 Å². The molecule has 3 N–H and O–H groups in total. The van der Waals surface area contributed by atoms with E-state index < -0.39 is 10.0 Å². The van der Waals surface area contributed by atoms with Crippen molar-refractivity contribution in [3.63, 3.8) is 0 Å². The Morgan fingerprint density at radius 3 is 2.48 bits per heavy atom. The van der Waals surface area contributed by atoms with E-state index >= 15 is 0 Å². The quantitative estimate of drug-likeness (QED) is 0.504. The molecule has 3 rings (SSSR count). The molecule has 142 valence electrons. The zero-order valence-electron chi connectivity index (χ0n) is 14.3. The molecule has 0 unspecified atom stereocenters. The van der Waals surface area contributed by atoms with Gasteiger partial charge in [0.15, 0.2) is 0 Å². The van der Waals surface area contributed by atoms with Crippen LogP contribution in [0.25, 0.3) is 11.3 Å². The van der Waals surface area contributed by atoms with Gasteiger partial charge in [-0.2, -0.15) is 0 Å². The van der Waals surface area contributed by atoms with E-state index in [1.165, 1.54) is 12.1 Å². The molecule has 0 aliphatic carbocycles. The van der Waals surface area contributed by atoms with Crippen LogP contribution in [0.4, 0.5) is 0 Å². The lowest BCUT2D eigenvalue weighted by Crippen LogP contribution is -2.16. The van der Waals surface area contributed by atoms with Crippen LogP contribution in [0.5, 0.6) is 0 Å². The Morgan fingerprint density at radius 1 is 1.07 bits per heavy atom. The van der Waals surface area contributed by atoms with Crippen molar-refractivity contribution in [1.82, 2.24) is 5.32 Å². The molecule has 0 spiro atoms.